The van der Waals surface area contributed by atoms with E-state index < -0.39 is 0 Å². The smallest absolute Gasteiger partial charge is 0.115 e. The van der Waals surface area contributed by atoms with Gasteiger partial charge in [-0.1, -0.05) is 18.6 Å². The Morgan fingerprint density at radius 2 is 2.25 bits per heavy atom. The number of aliphatic hydroxyl groups is 1. The lowest BCUT2D eigenvalue weighted by Gasteiger charge is -2.26. The van der Waals surface area contributed by atoms with Crippen molar-refractivity contribution in [1.29, 1.82) is 0 Å². The molecule has 1 aromatic rings. The third-order valence-corrected chi connectivity index (χ3v) is 4.50. The second kappa shape index (κ2) is 5.60. The van der Waals surface area contributed by atoms with Crippen LogP contribution in [0.5, 0.6) is 5.75 Å². The van der Waals surface area contributed by atoms with Gasteiger partial charge in [-0.3, -0.25) is 0 Å². The lowest BCUT2D eigenvalue weighted by molar-refractivity contribution is 0.166. The van der Waals surface area contributed by atoms with Gasteiger partial charge in [0.2, 0.25) is 0 Å². The number of benzene rings is 1. The van der Waals surface area contributed by atoms with E-state index in [9.17, 15) is 10.2 Å². The maximum absolute atomic E-state index is 10.1. The van der Waals surface area contributed by atoms with Gasteiger partial charge in [0.25, 0.3) is 0 Å². The maximum atomic E-state index is 10.1. The van der Waals surface area contributed by atoms with E-state index in [0.717, 1.165) is 12.0 Å². The Kier molecular flexibility index (Phi) is 4.13. The van der Waals surface area contributed by atoms with Crippen LogP contribution in [0.1, 0.15) is 24.8 Å². The molecule has 2 unspecified atom stereocenters. The highest BCUT2D eigenvalue weighted by molar-refractivity contribution is 8.00. The summed E-state index contributed by atoms with van der Waals surface area (Å²) < 4.78 is 0. The van der Waals surface area contributed by atoms with Gasteiger partial charge >= 0.3 is 0 Å². The zero-order valence-electron chi connectivity index (χ0n) is 9.30. The number of aromatic hydroxyl groups is 1. The van der Waals surface area contributed by atoms with Crippen LogP contribution in [0.4, 0.5) is 0 Å². The SMILES string of the molecule is Oc1cccc(CC(O)C2CCCCS2)c1. The Labute approximate surface area is 101 Å². The number of rotatable bonds is 3. The molecular formula is C13H18O2S. The molecule has 1 saturated heterocycles. The summed E-state index contributed by atoms with van der Waals surface area (Å²) in [6.07, 6.45) is 3.98. The standard InChI is InChI=1S/C13H18O2S/c14-11-5-3-4-10(8-11)9-12(15)13-6-1-2-7-16-13/h3-5,8,12-15H,1-2,6-7,9H2. The summed E-state index contributed by atoms with van der Waals surface area (Å²) in [6.45, 7) is 0. The average Bonchev–Trinajstić information content (AvgIpc) is 2.30. The van der Waals surface area contributed by atoms with E-state index in [1.165, 1.54) is 18.6 Å². The molecule has 3 heteroatoms. The van der Waals surface area contributed by atoms with Crippen molar-refractivity contribution in [2.45, 2.75) is 37.0 Å². The van der Waals surface area contributed by atoms with Gasteiger partial charge < -0.3 is 10.2 Å². The van der Waals surface area contributed by atoms with E-state index in [0.29, 0.717) is 11.7 Å². The van der Waals surface area contributed by atoms with E-state index >= 15 is 0 Å². The topological polar surface area (TPSA) is 40.5 Å². The van der Waals surface area contributed by atoms with Crippen molar-refractivity contribution in [2.24, 2.45) is 0 Å². The molecular weight excluding hydrogens is 220 g/mol. The molecule has 1 aromatic carbocycles. The van der Waals surface area contributed by atoms with Crippen LogP contribution >= 0.6 is 11.8 Å². The quantitative estimate of drug-likeness (QED) is 0.850. The molecule has 0 bridgehead atoms. The summed E-state index contributed by atoms with van der Waals surface area (Å²) in [5, 5.41) is 19.8. The van der Waals surface area contributed by atoms with Crippen molar-refractivity contribution in [3.63, 3.8) is 0 Å². The number of hydrogen-bond donors (Lipinski definition) is 2. The lowest BCUT2D eigenvalue weighted by atomic mass is 10.0. The van der Waals surface area contributed by atoms with E-state index in [4.69, 9.17) is 0 Å². The van der Waals surface area contributed by atoms with Crippen LogP contribution in [-0.2, 0) is 6.42 Å². The molecule has 2 rings (SSSR count). The molecule has 2 nitrogen and oxygen atoms in total. The zero-order chi connectivity index (χ0) is 11.4. The molecule has 2 atom stereocenters. The Morgan fingerprint density at radius 3 is 2.94 bits per heavy atom. The minimum absolute atomic E-state index is 0.279. The molecule has 2 N–H and O–H groups in total. The molecule has 0 radical (unpaired) electrons. The first-order valence-electron chi connectivity index (χ1n) is 5.83. The summed E-state index contributed by atoms with van der Waals surface area (Å²) in [5.41, 5.74) is 1.01. The summed E-state index contributed by atoms with van der Waals surface area (Å²) in [5.74, 6) is 1.45. The van der Waals surface area contributed by atoms with Crippen molar-refractivity contribution in [1.82, 2.24) is 0 Å². The van der Waals surface area contributed by atoms with Crippen LogP contribution in [0.15, 0.2) is 24.3 Å². The Hall–Kier alpha value is -0.670. The van der Waals surface area contributed by atoms with Crippen molar-refractivity contribution in [3.05, 3.63) is 29.8 Å². The monoisotopic (exact) mass is 238 g/mol. The van der Waals surface area contributed by atoms with Gasteiger partial charge in [-0.15, -0.1) is 0 Å². The predicted molar refractivity (Wildman–Crippen MR) is 67.9 cm³/mol. The van der Waals surface area contributed by atoms with Gasteiger partial charge in [0.15, 0.2) is 0 Å². The molecule has 1 heterocycles. The fourth-order valence-corrected chi connectivity index (χ4v) is 3.45. The molecule has 0 aromatic heterocycles. The number of aliphatic hydroxyl groups excluding tert-OH is 1. The van der Waals surface area contributed by atoms with Crippen molar-refractivity contribution in [3.8, 4) is 5.75 Å². The van der Waals surface area contributed by atoms with Gasteiger partial charge in [0, 0.05) is 5.25 Å². The zero-order valence-corrected chi connectivity index (χ0v) is 10.1. The second-order valence-electron chi connectivity index (χ2n) is 4.35. The van der Waals surface area contributed by atoms with Crippen molar-refractivity contribution in [2.75, 3.05) is 5.75 Å². The van der Waals surface area contributed by atoms with Gasteiger partial charge in [-0.25, -0.2) is 0 Å². The molecule has 88 valence electrons. The third kappa shape index (κ3) is 3.16. The van der Waals surface area contributed by atoms with Crippen LogP contribution in [0, 0.1) is 0 Å². The second-order valence-corrected chi connectivity index (χ2v) is 5.69. The number of phenols is 1. The maximum Gasteiger partial charge on any atom is 0.115 e. The number of phenolic OH excluding ortho intramolecular Hbond substituents is 1. The summed E-state index contributed by atoms with van der Waals surface area (Å²) in [6, 6.07) is 7.17. The first-order chi connectivity index (χ1) is 7.75. The summed E-state index contributed by atoms with van der Waals surface area (Å²) >= 11 is 1.88. The Balaban J connectivity index is 1.93. The molecule has 1 aliphatic rings. The van der Waals surface area contributed by atoms with Gasteiger partial charge in [0.1, 0.15) is 5.75 Å². The van der Waals surface area contributed by atoms with Crippen molar-refractivity contribution >= 4 is 11.8 Å². The average molecular weight is 238 g/mol. The normalized spacial score (nSPS) is 22.9. The highest BCUT2D eigenvalue weighted by Crippen LogP contribution is 2.29. The van der Waals surface area contributed by atoms with Gasteiger partial charge in [0.05, 0.1) is 6.10 Å². The van der Waals surface area contributed by atoms with Gasteiger partial charge in [-0.2, -0.15) is 11.8 Å². The Bertz CT molecular complexity index is 334. The van der Waals surface area contributed by atoms with E-state index in [2.05, 4.69) is 0 Å². The molecule has 0 aliphatic carbocycles. The summed E-state index contributed by atoms with van der Waals surface area (Å²) in [4.78, 5) is 0. The predicted octanol–water partition coefficient (Wildman–Crippen LogP) is 2.58. The fourth-order valence-electron chi connectivity index (χ4n) is 2.13. The molecule has 0 spiro atoms. The highest BCUT2D eigenvalue weighted by atomic mass is 32.2. The van der Waals surface area contributed by atoms with Gasteiger partial charge in [-0.05, 0) is 42.7 Å². The fraction of sp³-hybridized carbons (Fsp3) is 0.538. The number of thioether (sulfide) groups is 1. The van der Waals surface area contributed by atoms with E-state index in [1.807, 2.05) is 23.9 Å². The molecule has 0 saturated carbocycles. The number of hydrogen-bond acceptors (Lipinski definition) is 3. The first-order valence-corrected chi connectivity index (χ1v) is 6.88. The van der Waals surface area contributed by atoms with Crippen molar-refractivity contribution < 1.29 is 10.2 Å². The summed E-state index contributed by atoms with van der Waals surface area (Å²) in [7, 11) is 0. The Morgan fingerprint density at radius 1 is 1.38 bits per heavy atom. The molecule has 1 aliphatic heterocycles. The largest absolute Gasteiger partial charge is 0.508 e. The molecule has 1 fully saturated rings. The first kappa shape index (κ1) is 11.8. The van der Waals surface area contributed by atoms with E-state index in [-0.39, 0.29) is 11.9 Å². The minimum Gasteiger partial charge on any atom is -0.508 e. The van der Waals surface area contributed by atoms with Crippen LogP contribution in [0.3, 0.4) is 0 Å². The minimum atomic E-state index is -0.285. The van der Waals surface area contributed by atoms with Crippen LogP contribution in [-0.4, -0.2) is 27.3 Å². The van der Waals surface area contributed by atoms with Crippen LogP contribution < -0.4 is 0 Å². The third-order valence-electron chi connectivity index (χ3n) is 3.00. The molecule has 0 amide bonds. The van der Waals surface area contributed by atoms with Crippen LogP contribution in [0.25, 0.3) is 0 Å². The molecule has 16 heavy (non-hydrogen) atoms. The lowest BCUT2D eigenvalue weighted by Crippen LogP contribution is -2.27. The van der Waals surface area contributed by atoms with Crippen LogP contribution in [0.2, 0.25) is 0 Å². The highest BCUT2D eigenvalue weighted by Gasteiger charge is 2.22. The van der Waals surface area contributed by atoms with E-state index in [1.54, 1.807) is 12.1 Å².